The lowest BCUT2D eigenvalue weighted by molar-refractivity contribution is 0.575. The molecule has 0 aliphatic carbocycles. The van der Waals surface area contributed by atoms with Gasteiger partial charge in [-0.15, -0.1) is 0 Å². The van der Waals surface area contributed by atoms with Crippen LogP contribution >= 0.6 is 15.9 Å². The Kier molecular flexibility index (Phi) is 3.55. The number of imidazole rings is 1. The van der Waals surface area contributed by atoms with E-state index in [-0.39, 0.29) is 0 Å². The Morgan fingerprint density at radius 1 is 1.00 bits per heavy atom. The summed E-state index contributed by atoms with van der Waals surface area (Å²) in [6.07, 6.45) is 1.67. The van der Waals surface area contributed by atoms with E-state index < -0.39 is 0 Å². The van der Waals surface area contributed by atoms with Crippen LogP contribution in [0.5, 0.6) is 0 Å². The molecule has 0 saturated carbocycles. The Labute approximate surface area is 141 Å². The molecule has 4 nitrogen and oxygen atoms in total. The van der Waals surface area contributed by atoms with E-state index in [4.69, 9.17) is 4.42 Å². The summed E-state index contributed by atoms with van der Waals surface area (Å²) in [5.74, 6) is 2.06. The first-order valence-electron chi connectivity index (χ1n) is 7.12. The molecule has 0 spiro atoms. The number of benzene rings is 2. The number of aromatic amines is 1. The first kappa shape index (κ1) is 14.0. The van der Waals surface area contributed by atoms with Crippen molar-refractivity contribution < 1.29 is 4.42 Å². The second-order valence-corrected chi connectivity index (χ2v) is 5.96. The van der Waals surface area contributed by atoms with Crippen LogP contribution < -0.4 is 0 Å². The number of H-pyrrole nitrogens is 1. The van der Waals surface area contributed by atoms with Crippen molar-refractivity contribution in [3.63, 3.8) is 0 Å². The molecule has 5 heteroatoms. The maximum Gasteiger partial charge on any atom is 0.227 e. The fourth-order valence-corrected chi connectivity index (χ4v) is 2.58. The Bertz CT molecular complexity index is 950. The summed E-state index contributed by atoms with van der Waals surface area (Å²) in [5.41, 5.74) is 2.89. The van der Waals surface area contributed by atoms with Crippen molar-refractivity contribution in [3.8, 4) is 11.3 Å². The van der Waals surface area contributed by atoms with Crippen LogP contribution in [0.25, 0.3) is 22.4 Å². The lowest BCUT2D eigenvalue weighted by Crippen LogP contribution is -1.76. The molecule has 0 saturated heterocycles. The highest BCUT2D eigenvalue weighted by molar-refractivity contribution is 9.10. The van der Waals surface area contributed by atoms with Gasteiger partial charge >= 0.3 is 0 Å². The highest BCUT2D eigenvalue weighted by atomic mass is 79.9. The van der Waals surface area contributed by atoms with Gasteiger partial charge in [-0.05, 0) is 36.4 Å². The van der Waals surface area contributed by atoms with E-state index >= 15 is 0 Å². The summed E-state index contributed by atoms with van der Waals surface area (Å²) in [5, 5.41) is 0. The minimum atomic E-state index is 0.563. The molecular formula is C18H12BrN3O. The summed E-state index contributed by atoms with van der Waals surface area (Å²) in [7, 11) is 0. The van der Waals surface area contributed by atoms with Gasteiger partial charge in [-0.2, -0.15) is 0 Å². The van der Waals surface area contributed by atoms with Crippen molar-refractivity contribution in [2.24, 2.45) is 4.99 Å². The lowest BCUT2D eigenvalue weighted by atomic mass is 10.2. The van der Waals surface area contributed by atoms with Crippen LogP contribution in [-0.2, 0) is 0 Å². The molecule has 0 unspecified atom stereocenters. The van der Waals surface area contributed by atoms with Gasteiger partial charge in [0.25, 0.3) is 0 Å². The third-order valence-corrected chi connectivity index (χ3v) is 3.98. The Morgan fingerprint density at radius 2 is 1.83 bits per heavy atom. The normalized spacial score (nSPS) is 11.5. The van der Waals surface area contributed by atoms with Crippen LogP contribution in [0.1, 0.15) is 5.76 Å². The van der Waals surface area contributed by atoms with E-state index in [9.17, 15) is 0 Å². The Hall–Kier alpha value is -2.66. The highest BCUT2D eigenvalue weighted by Gasteiger charge is 2.04. The van der Waals surface area contributed by atoms with Gasteiger partial charge in [0.1, 0.15) is 11.5 Å². The number of para-hydroxylation sites is 2. The van der Waals surface area contributed by atoms with Gasteiger partial charge in [0.2, 0.25) is 5.95 Å². The zero-order valence-electron chi connectivity index (χ0n) is 12.0. The predicted molar refractivity (Wildman–Crippen MR) is 95.2 cm³/mol. The van der Waals surface area contributed by atoms with E-state index in [1.165, 1.54) is 0 Å². The molecule has 0 amide bonds. The van der Waals surface area contributed by atoms with Crippen molar-refractivity contribution in [2.75, 3.05) is 0 Å². The van der Waals surface area contributed by atoms with Crippen LogP contribution in [0, 0.1) is 0 Å². The largest absolute Gasteiger partial charge is 0.455 e. The lowest BCUT2D eigenvalue weighted by Gasteiger charge is -1.96. The van der Waals surface area contributed by atoms with Crippen LogP contribution in [0.2, 0.25) is 0 Å². The van der Waals surface area contributed by atoms with Gasteiger partial charge in [0.15, 0.2) is 0 Å². The third kappa shape index (κ3) is 2.96. The molecule has 0 bridgehead atoms. The van der Waals surface area contributed by atoms with Crippen molar-refractivity contribution >= 4 is 39.1 Å². The van der Waals surface area contributed by atoms with Crippen molar-refractivity contribution in [1.82, 2.24) is 9.97 Å². The fraction of sp³-hybridized carbons (Fsp3) is 0. The van der Waals surface area contributed by atoms with Crippen molar-refractivity contribution in [1.29, 1.82) is 0 Å². The predicted octanol–water partition coefficient (Wildman–Crippen LogP) is 5.34. The highest BCUT2D eigenvalue weighted by Crippen LogP contribution is 2.23. The minimum absolute atomic E-state index is 0.563. The summed E-state index contributed by atoms with van der Waals surface area (Å²) in [6, 6.07) is 19.6. The van der Waals surface area contributed by atoms with Crippen LogP contribution in [-0.4, -0.2) is 16.2 Å². The van der Waals surface area contributed by atoms with E-state index in [1.807, 2.05) is 60.7 Å². The number of rotatable bonds is 3. The second kappa shape index (κ2) is 5.85. The summed E-state index contributed by atoms with van der Waals surface area (Å²) < 4.78 is 6.84. The SMILES string of the molecule is Brc1ccc(-c2ccc(/C=N/c3nc4ccccc4[nH]3)o2)cc1. The summed E-state index contributed by atoms with van der Waals surface area (Å²) >= 11 is 3.43. The molecule has 4 rings (SSSR count). The number of halogens is 1. The number of aliphatic imine (C=N–C) groups is 1. The quantitative estimate of drug-likeness (QED) is 0.498. The number of nitrogens with one attached hydrogen (secondary N) is 1. The van der Waals surface area contributed by atoms with Gasteiger partial charge in [-0.3, -0.25) is 0 Å². The maximum absolute atomic E-state index is 5.80. The maximum atomic E-state index is 5.80. The van der Waals surface area contributed by atoms with E-state index in [2.05, 4.69) is 30.9 Å². The molecule has 4 aromatic rings. The van der Waals surface area contributed by atoms with Crippen molar-refractivity contribution in [3.05, 3.63) is 70.9 Å². The number of hydrogen-bond acceptors (Lipinski definition) is 3. The van der Waals surface area contributed by atoms with Gasteiger partial charge < -0.3 is 9.40 Å². The number of furan rings is 1. The minimum Gasteiger partial charge on any atom is -0.455 e. The average Bonchev–Trinajstić information content (AvgIpc) is 3.20. The topological polar surface area (TPSA) is 54.2 Å². The molecule has 2 heterocycles. The number of aromatic nitrogens is 2. The fourth-order valence-electron chi connectivity index (χ4n) is 2.32. The molecule has 0 fully saturated rings. The third-order valence-electron chi connectivity index (χ3n) is 3.45. The molecule has 2 aromatic carbocycles. The first-order chi connectivity index (χ1) is 11.3. The Morgan fingerprint density at radius 3 is 2.65 bits per heavy atom. The van der Waals surface area contributed by atoms with Gasteiger partial charge in [0.05, 0.1) is 17.2 Å². The standard InChI is InChI=1S/C18H12BrN3O/c19-13-7-5-12(6-8-13)17-10-9-14(23-17)11-20-18-21-15-3-1-2-4-16(15)22-18/h1-11H,(H,21,22)/b20-11+. The molecule has 0 radical (unpaired) electrons. The van der Waals surface area contributed by atoms with E-state index in [0.717, 1.165) is 26.8 Å². The molecule has 0 aliphatic heterocycles. The van der Waals surface area contributed by atoms with Gasteiger partial charge in [-0.25, -0.2) is 9.98 Å². The molecule has 2 aromatic heterocycles. The zero-order chi connectivity index (χ0) is 15.6. The van der Waals surface area contributed by atoms with Crippen LogP contribution in [0.15, 0.2) is 74.5 Å². The average molecular weight is 366 g/mol. The smallest absolute Gasteiger partial charge is 0.227 e. The first-order valence-corrected chi connectivity index (χ1v) is 7.92. The number of fused-ring (bicyclic) bond motifs is 1. The molecule has 0 atom stereocenters. The van der Waals surface area contributed by atoms with E-state index in [0.29, 0.717) is 11.7 Å². The number of hydrogen-bond donors (Lipinski definition) is 1. The summed E-state index contributed by atoms with van der Waals surface area (Å²) in [4.78, 5) is 11.9. The monoisotopic (exact) mass is 365 g/mol. The van der Waals surface area contributed by atoms with Crippen LogP contribution in [0.3, 0.4) is 0 Å². The van der Waals surface area contributed by atoms with E-state index in [1.54, 1.807) is 6.21 Å². The Balaban J connectivity index is 1.58. The van der Waals surface area contributed by atoms with Crippen LogP contribution in [0.4, 0.5) is 5.95 Å². The molecule has 112 valence electrons. The molecular weight excluding hydrogens is 354 g/mol. The van der Waals surface area contributed by atoms with Gasteiger partial charge in [0, 0.05) is 10.0 Å². The molecule has 0 aliphatic rings. The molecule has 23 heavy (non-hydrogen) atoms. The summed E-state index contributed by atoms with van der Waals surface area (Å²) in [6.45, 7) is 0. The van der Waals surface area contributed by atoms with Crippen molar-refractivity contribution in [2.45, 2.75) is 0 Å². The van der Waals surface area contributed by atoms with Gasteiger partial charge in [-0.1, -0.05) is 40.2 Å². The number of nitrogens with zero attached hydrogens (tertiary/aromatic N) is 2. The second-order valence-electron chi connectivity index (χ2n) is 5.04. The zero-order valence-corrected chi connectivity index (χ0v) is 13.6. The molecule has 1 N–H and O–H groups in total.